The summed E-state index contributed by atoms with van der Waals surface area (Å²) in [6, 6.07) is 0. The zero-order valence-corrected chi connectivity index (χ0v) is 20.1. The van der Waals surface area contributed by atoms with E-state index in [-0.39, 0.29) is 24.1 Å². The number of unbranched alkanes of at least 4 members (excludes halogenated alkanes) is 9. The molecule has 3 nitrogen and oxygen atoms in total. The number of ether oxygens (including phenoxy) is 2. The third kappa shape index (κ3) is 12.7. The lowest BCUT2D eigenvalue weighted by molar-refractivity contribution is -0.161. The largest absolute Gasteiger partial charge is 0.460 e. The molecule has 1 aliphatic rings. The number of hydrogen-bond acceptors (Lipinski definition) is 3. The van der Waals surface area contributed by atoms with Crippen molar-refractivity contribution >= 4 is 5.97 Å². The highest BCUT2D eigenvalue weighted by Crippen LogP contribution is 2.33. The molecule has 0 aromatic heterocycles. The van der Waals surface area contributed by atoms with Crippen molar-refractivity contribution in [3.63, 3.8) is 0 Å². The first kappa shape index (κ1) is 26.5. The van der Waals surface area contributed by atoms with E-state index in [0.717, 1.165) is 31.8 Å². The molecule has 3 heteroatoms. The molecule has 0 bridgehead atoms. The molecule has 0 radical (unpaired) electrons. The van der Waals surface area contributed by atoms with E-state index >= 15 is 0 Å². The van der Waals surface area contributed by atoms with Crippen molar-refractivity contribution in [3.8, 4) is 0 Å². The first-order valence-corrected chi connectivity index (χ1v) is 12.9. The Morgan fingerprint density at radius 2 is 1.31 bits per heavy atom. The maximum atomic E-state index is 12.5. The molecule has 0 aromatic rings. The van der Waals surface area contributed by atoms with E-state index in [4.69, 9.17) is 9.47 Å². The molecule has 0 saturated heterocycles. The van der Waals surface area contributed by atoms with Crippen LogP contribution in [0, 0.1) is 11.8 Å². The third-order valence-corrected chi connectivity index (χ3v) is 6.74. The normalized spacial score (nSPS) is 21.7. The summed E-state index contributed by atoms with van der Waals surface area (Å²) >= 11 is 0. The lowest BCUT2D eigenvalue weighted by Gasteiger charge is -2.29. The predicted octanol–water partition coefficient (Wildman–Crippen LogP) is 7.85. The molecule has 0 spiro atoms. The molecule has 0 aliphatic heterocycles. The van der Waals surface area contributed by atoms with Gasteiger partial charge in [0.25, 0.3) is 0 Å². The summed E-state index contributed by atoms with van der Waals surface area (Å²) in [6.45, 7) is 9.31. The smallest absolute Gasteiger partial charge is 0.309 e. The molecule has 1 rings (SSSR count). The van der Waals surface area contributed by atoms with Gasteiger partial charge in [0.1, 0.15) is 6.10 Å². The Morgan fingerprint density at radius 1 is 0.759 bits per heavy atom. The van der Waals surface area contributed by atoms with Crippen LogP contribution in [0.1, 0.15) is 130 Å². The molecule has 0 N–H and O–H groups in total. The van der Waals surface area contributed by atoms with Crippen molar-refractivity contribution in [2.75, 3.05) is 6.61 Å². The first-order valence-electron chi connectivity index (χ1n) is 12.9. The summed E-state index contributed by atoms with van der Waals surface area (Å²) in [5, 5.41) is 0. The van der Waals surface area contributed by atoms with Gasteiger partial charge in [0, 0.05) is 6.61 Å². The van der Waals surface area contributed by atoms with E-state index in [2.05, 4.69) is 13.8 Å². The molecule has 0 heterocycles. The van der Waals surface area contributed by atoms with Gasteiger partial charge in [0.05, 0.1) is 12.0 Å². The summed E-state index contributed by atoms with van der Waals surface area (Å²) in [7, 11) is 0. The molecule has 172 valence electrons. The SMILES string of the molecule is CCCCCCCCCCOC(C)C(C)OC(=O)[C@H]1CC[C@H](CCCCC)CC1. The fourth-order valence-corrected chi connectivity index (χ4v) is 4.39. The quantitative estimate of drug-likeness (QED) is 0.181. The Kier molecular flexibility index (Phi) is 15.6. The molecule has 1 saturated carbocycles. The second-order valence-electron chi connectivity index (χ2n) is 9.41. The van der Waals surface area contributed by atoms with Gasteiger partial charge in [0.15, 0.2) is 0 Å². The highest BCUT2D eigenvalue weighted by molar-refractivity contribution is 5.72. The number of hydrogen-bond donors (Lipinski definition) is 0. The van der Waals surface area contributed by atoms with Gasteiger partial charge in [-0.25, -0.2) is 0 Å². The zero-order chi connectivity index (χ0) is 21.3. The fraction of sp³-hybridized carbons (Fsp3) is 0.962. The van der Waals surface area contributed by atoms with E-state index in [1.165, 1.54) is 83.5 Å². The molecule has 0 aromatic carbocycles. The van der Waals surface area contributed by atoms with Crippen molar-refractivity contribution in [1.82, 2.24) is 0 Å². The van der Waals surface area contributed by atoms with Gasteiger partial charge in [-0.05, 0) is 51.9 Å². The summed E-state index contributed by atoms with van der Waals surface area (Å²) in [5.74, 6) is 0.948. The summed E-state index contributed by atoms with van der Waals surface area (Å²) in [6.07, 6.45) is 20.0. The maximum Gasteiger partial charge on any atom is 0.309 e. The number of rotatable bonds is 17. The summed E-state index contributed by atoms with van der Waals surface area (Å²) < 4.78 is 11.7. The van der Waals surface area contributed by atoms with E-state index < -0.39 is 0 Å². The average molecular weight is 411 g/mol. The van der Waals surface area contributed by atoms with Crippen LogP contribution in [-0.2, 0) is 14.3 Å². The minimum Gasteiger partial charge on any atom is -0.460 e. The minimum atomic E-state index is -0.154. The monoisotopic (exact) mass is 410 g/mol. The Balaban J connectivity index is 2.07. The zero-order valence-electron chi connectivity index (χ0n) is 20.1. The van der Waals surface area contributed by atoms with Crippen LogP contribution >= 0.6 is 0 Å². The van der Waals surface area contributed by atoms with E-state index in [1.807, 2.05) is 13.8 Å². The van der Waals surface area contributed by atoms with Gasteiger partial charge >= 0.3 is 5.97 Å². The van der Waals surface area contributed by atoms with Gasteiger partial charge < -0.3 is 9.47 Å². The van der Waals surface area contributed by atoms with Crippen molar-refractivity contribution < 1.29 is 14.3 Å². The average Bonchev–Trinajstić information content (AvgIpc) is 2.73. The van der Waals surface area contributed by atoms with Crippen LogP contribution in [0.15, 0.2) is 0 Å². The third-order valence-electron chi connectivity index (χ3n) is 6.74. The lowest BCUT2D eigenvalue weighted by atomic mass is 9.80. The topological polar surface area (TPSA) is 35.5 Å². The fourth-order valence-electron chi connectivity index (χ4n) is 4.39. The highest BCUT2D eigenvalue weighted by Gasteiger charge is 2.29. The molecule has 2 atom stereocenters. The minimum absolute atomic E-state index is 0.00652. The molecule has 29 heavy (non-hydrogen) atoms. The number of carbonyl (C=O) groups excluding carboxylic acids is 1. The van der Waals surface area contributed by atoms with Crippen LogP contribution in [-0.4, -0.2) is 24.8 Å². The number of esters is 1. The molecule has 0 amide bonds. The Labute approximate surface area is 181 Å². The van der Waals surface area contributed by atoms with Crippen LogP contribution < -0.4 is 0 Å². The predicted molar refractivity (Wildman–Crippen MR) is 123 cm³/mol. The van der Waals surface area contributed by atoms with Gasteiger partial charge in [-0.15, -0.1) is 0 Å². The maximum absolute atomic E-state index is 12.5. The van der Waals surface area contributed by atoms with Gasteiger partial charge in [0.2, 0.25) is 0 Å². The Bertz CT molecular complexity index is 387. The standard InChI is InChI=1S/C26H50O3/c1-5-7-9-10-11-12-13-15-21-28-22(3)23(4)29-26(27)25-19-17-24(18-20-25)16-14-8-6-2/h22-25H,5-21H2,1-4H3/t22?,23?,24-,25-. The van der Waals surface area contributed by atoms with E-state index in [9.17, 15) is 4.79 Å². The molecular weight excluding hydrogens is 360 g/mol. The van der Waals surface area contributed by atoms with Crippen molar-refractivity contribution in [3.05, 3.63) is 0 Å². The van der Waals surface area contributed by atoms with Crippen LogP contribution in [0.4, 0.5) is 0 Å². The van der Waals surface area contributed by atoms with Gasteiger partial charge in [-0.3, -0.25) is 4.79 Å². The summed E-state index contributed by atoms with van der Waals surface area (Å²) in [4.78, 5) is 12.5. The second-order valence-corrected chi connectivity index (χ2v) is 9.41. The van der Waals surface area contributed by atoms with Crippen molar-refractivity contribution in [1.29, 1.82) is 0 Å². The Hall–Kier alpha value is -0.570. The second kappa shape index (κ2) is 17.1. The Morgan fingerprint density at radius 3 is 1.93 bits per heavy atom. The van der Waals surface area contributed by atoms with Crippen LogP contribution in [0.5, 0.6) is 0 Å². The lowest BCUT2D eigenvalue weighted by Crippen LogP contribution is -2.33. The van der Waals surface area contributed by atoms with Gasteiger partial charge in [-0.2, -0.15) is 0 Å². The van der Waals surface area contributed by atoms with Crippen LogP contribution in [0.25, 0.3) is 0 Å². The molecule has 1 fully saturated rings. The summed E-state index contributed by atoms with van der Waals surface area (Å²) in [5.41, 5.74) is 0. The van der Waals surface area contributed by atoms with E-state index in [0.29, 0.717) is 0 Å². The van der Waals surface area contributed by atoms with Crippen LogP contribution in [0.3, 0.4) is 0 Å². The van der Waals surface area contributed by atoms with E-state index in [1.54, 1.807) is 0 Å². The first-order chi connectivity index (χ1) is 14.1. The van der Waals surface area contributed by atoms with Crippen molar-refractivity contribution in [2.45, 2.75) is 143 Å². The number of carbonyl (C=O) groups is 1. The molecular formula is C26H50O3. The van der Waals surface area contributed by atoms with Gasteiger partial charge in [-0.1, -0.05) is 84.5 Å². The van der Waals surface area contributed by atoms with Crippen molar-refractivity contribution in [2.24, 2.45) is 11.8 Å². The highest BCUT2D eigenvalue weighted by atomic mass is 16.6. The molecule has 2 unspecified atom stereocenters. The molecule has 1 aliphatic carbocycles. The van der Waals surface area contributed by atoms with Crippen LogP contribution in [0.2, 0.25) is 0 Å².